The summed E-state index contributed by atoms with van der Waals surface area (Å²) >= 11 is 5.56. The van der Waals surface area contributed by atoms with E-state index in [0.29, 0.717) is 12.1 Å². The fraction of sp³-hybridized carbons (Fsp3) is 0.833. The predicted molar refractivity (Wildman–Crippen MR) is 71.4 cm³/mol. The van der Waals surface area contributed by atoms with Crippen molar-refractivity contribution < 1.29 is 9.90 Å². The van der Waals surface area contributed by atoms with Crippen LogP contribution in [0.15, 0.2) is 0 Å². The Morgan fingerprint density at radius 1 is 1.33 bits per heavy atom. The van der Waals surface area contributed by atoms with Crippen molar-refractivity contribution in [3.05, 3.63) is 0 Å². The van der Waals surface area contributed by atoms with Gasteiger partial charge in [0.15, 0.2) is 5.11 Å². The van der Waals surface area contributed by atoms with E-state index in [1.165, 1.54) is 0 Å². The van der Waals surface area contributed by atoms with Gasteiger partial charge in [-0.05, 0) is 31.5 Å². The summed E-state index contributed by atoms with van der Waals surface area (Å²) in [6.45, 7) is 3.93. The van der Waals surface area contributed by atoms with E-state index in [0.717, 1.165) is 50.6 Å². The molecule has 0 aromatic heterocycles. The summed E-state index contributed by atoms with van der Waals surface area (Å²) in [4.78, 5) is 15.6. The third kappa shape index (κ3) is 1.97. The first-order valence-corrected chi connectivity index (χ1v) is 7.08. The molecule has 2 heterocycles. The van der Waals surface area contributed by atoms with Crippen molar-refractivity contribution in [2.24, 2.45) is 5.92 Å². The van der Waals surface area contributed by atoms with Crippen LogP contribution >= 0.6 is 12.2 Å². The van der Waals surface area contributed by atoms with Gasteiger partial charge in [-0.1, -0.05) is 0 Å². The fourth-order valence-electron chi connectivity index (χ4n) is 3.42. The van der Waals surface area contributed by atoms with E-state index in [1.807, 2.05) is 0 Å². The van der Waals surface area contributed by atoms with E-state index < -0.39 is 5.97 Å². The number of hydrogen-bond donors (Lipinski definition) is 2. The minimum Gasteiger partial charge on any atom is -0.481 e. The second-order valence-electron chi connectivity index (χ2n) is 5.49. The van der Waals surface area contributed by atoms with Crippen LogP contribution in [0.1, 0.15) is 19.3 Å². The molecule has 0 amide bonds. The molecule has 0 aromatic carbocycles. The normalized spacial score (nSPS) is 36.0. The predicted octanol–water partition coefficient (Wildman–Crippen LogP) is 0.114. The molecule has 6 heteroatoms. The van der Waals surface area contributed by atoms with Gasteiger partial charge in [0.1, 0.15) is 0 Å². The van der Waals surface area contributed by atoms with Gasteiger partial charge in [0, 0.05) is 32.2 Å². The molecule has 3 rings (SSSR count). The number of piperazine rings is 1. The maximum absolute atomic E-state index is 11.0. The molecule has 100 valence electrons. The molecule has 0 bridgehead atoms. The lowest BCUT2D eigenvalue weighted by molar-refractivity contribution is -0.141. The molecule has 5 nitrogen and oxygen atoms in total. The molecule has 0 spiro atoms. The van der Waals surface area contributed by atoms with Crippen LogP contribution in [0, 0.1) is 5.92 Å². The van der Waals surface area contributed by atoms with Gasteiger partial charge in [0.05, 0.1) is 12.0 Å². The maximum Gasteiger partial charge on any atom is 0.306 e. The summed E-state index contributed by atoms with van der Waals surface area (Å²) in [7, 11) is 0. The van der Waals surface area contributed by atoms with Crippen LogP contribution in [-0.2, 0) is 4.79 Å². The molecule has 0 aromatic rings. The van der Waals surface area contributed by atoms with Crippen LogP contribution in [0.5, 0.6) is 0 Å². The van der Waals surface area contributed by atoms with Gasteiger partial charge in [-0.25, -0.2) is 0 Å². The fourth-order valence-corrected chi connectivity index (χ4v) is 3.88. The lowest BCUT2D eigenvalue weighted by atomic mass is 10.1. The number of nitrogens with zero attached hydrogens (tertiary/aromatic N) is 2. The number of hydrogen-bond acceptors (Lipinski definition) is 3. The Bertz CT molecular complexity index is 376. The van der Waals surface area contributed by atoms with E-state index in [1.54, 1.807) is 0 Å². The number of rotatable bonds is 2. The Morgan fingerprint density at radius 3 is 2.83 bits per heavy atom. The molecule has 2 saturated heterocycles. The summed E-state index contributed by atoms with van der Waals surface area (Å²) in [6.07, 6.45) is 2.51. The summed E-state index contributed by atoms with van der Waals surface area (Å²) in [6, 6.07) is 0.819. The van der Waals surface area contributed by atoms with Crippen molar-refractivity contribution >= 4 is 23.3 Å². The number of carboxylic acid groups (broad SMARTS) is 1. The minimum atomic E-state index is -0.651. The second kappa shape index (κ2) is 4.66. The Morgan fingerprint density at radius 2 is 2.17 bits per heavy atom. The van der Waals surface area contributed by atoms with Crippen LogP contribution in [0.3, 0.4) is 0 Å². The van der Waals surface area contributed by atoms with Crippen LogP contribution in [-0.4, -0.2) is 64.3 Å². The first kappa shape index (κ1) is 12.2. The smallest absolute Gasteiger partial charge is 0.306 e. The molecule has 3 aliphatic rings. The van der Waals surface area contributed by atoms with E-state index in [2.05, 4.69) is 15.1 Å². The number of nitrogens with one attached hydrogen (secondary N) is 1. The van der Waals surface area contributed by atoms with Crippen molar-refractivity contribution in [3.63, 3.8) is 0 Å². The van der Waals surface area contributed by atoms with Crippen molar-refractivity contribution in [3.8, 4) is 0 Å². The van der Waals surface area contributed by atoms with Gasteiger partial charge in [-0.15, -0.1) is 0 Å². The molecular weight excluding hydrogens is 250 g/mol. The zero-order chi connectivity index (χ0) is 12.7. The molecule has 3 atom stereocenters. The highest BCUT2D eigenvalue weighted by Crippen LogP contribution is 2.33. The summed E-state index contributed by atoms with van der Waals surface area (Å²) in [5.41, 5.74) is 0. The molecule has 3 fully saturated rings. The van der Waals surface area contributed by atoms with Gasteiger partial charge < -0.3 is 20.2 Å². The second-order valence-corrected chi connectivity index (χ2v) is 5.85. The number of carboxylic acids is 1. The highest BCUT2D eigenvalue weighted by molar-refractivity contribution is 7.80. The Hall–Kier alpha value is -0.880. The zero-order valence-electron chi connectivity index (χ0n) is 10.3. The number of carbonyl (C=O) groups is 1. The van der Waals surface area contributed by atoms with Crippen LogP contribution in [0.4, 0.5) is 0 Å². The van der Waals surface area contributed by atoms with Gasteiger partial charge in [0.2, 0.25) is 0 Å². The topological polar surface area (TPSA) is 55.8 Å². The quantitative estimate of drug-likeness (QED) is 0.694. The molecule has 2 aliphatic heterocycles. The average molecular weight is 269 g/mol. The molecular formula is C12H19N3O2S. The number of thiocarbonyl (C=S) groups is 1. The Balaban J connectivity index is 1.67. The largest absolute Gasteiger partial charge is 0.481 e. The summed E-state index contributed by atoms with van der Waals surface area (Å²) < 4.78 is 0. The number of fused-ring (bicyclic) bond motifs is 1. The molecule has 18 heavy (non-hydrogen) atoms. The average Bonchev–Trinajstić information content (AvgIpc) is 2.95. The third-order valence-corrected chi connectivity index (χ3v) is 4.91. The Kier molecular flexibility index (Phi) is 3.15. The lowest BCUT2D eigenvalue weighted by Crippen LogP contribution is -2.49. The maximum atomic E-state index is 11.0. The van der Waals surface area contributed by atoms with Gasteiger partial charge in [-0.3, -0.25) is 4.79 Å². The van der Waals surface area contributed by atoms with E-state index in [9.17, 15) is 4.79 Å². The Labute approximate surface area is 112 Å². The summed E-state index contributed by atoms with van der Waals surface area (Å²) in [5, 5.41) is 13.4. The standard InChI is InChI=1S/C12H19N3O2S/c16-11(17)8-1-2-9(5-8)15-7-10-6-13-3-4-14(10)12(15)18/h8-10,13H,1-7H2,(H,16,17)/t8-,9+,10?/m0/s1. The monoisotopic (exact) mass is 269 g/mol. The van der Waals surface area contributed by atoms with Gasteiger partial charge in [0.25, 0.3) is 0 Å². The molecule has 1 saturated carbocycles. The highest BCUT2D eigenvalue weighted by Gasteiger charge is 2.42. The molecule has 2 N–H and O–H groups in total. The lowest BCUT2D eigenvalue weighted by Gasteiger charge is -2.30. The van der Waals surface area contributed by atoms with Crippen molar-refractivity contribution in [1.29, 1.82) is 0 Å². The van der Waals surface area contributed by atoms with Crippen molar-refractivity contribution in [1.82, 2.24) is 15.1 Å². The molecule has 1 aliphatic carbocycles. The SMILES string of the molecule is O=C(O)[C@H]1CC[C@@H](N2CC3CNCCN3C2=S)C1. The minimum absolute atomic E-state index is 0.173. The van der Waals surface area contributed by atoms with E-state index in [4.69, 9.17) is 17.3 Å². The van der Waals surface area contributed by atoms with Crippen molar-refractivity contribution in [2.45, 2.75) is 31.3 Å². The van der Waals surface area contributed by atoms with Crippen molar-refractivity contribution in [2.75, 3.05) is 26.2 Å². The van der Waals surface area contributed by atoms with Crippen LogP contribution in [0.2, 0.25) is 0 Å². The first-order valence-electron chi connectivity index (χ1n) is 6.67. The van der Waals surface area contributed by atoms with E-state index >= 15 is 0 Å². The zero-order valence-corrected chi connectivity index (χ0v) is 11.2. The molecule has 0 radical (unpaired) electrons. The van der Waals surface area contributed by atoms with Gasteiger partial charge in [-0.2, -0.15) is 0 Å². The first-order chi connectivity index (χ1) is 8.66. The van der Waals surface area contributed by atoms with Gasteiger partial charge >= 0.3 is 5.97 Å². The van der Waals surface area contributed by atoms with E-state index in [-0.39, 0.29) is 5.92 Å². The highest BCUT2D eigenvalue weighted by atomic mass is 32.1. The van der Waals surface area contributed by atoms with Crippen LogP contribution < -0.4 is 5.32 Å². The number of aliphatic carboxylic acids is 1. The molecule has 1 unspecified atom stereocenters. The summed E-state index contributed by atoms with van der Waals surface area (Å²) in [5.74, 6) is -0.824. The third-order valence-electron chi connectivity index (χ3n) is 4.44. The van der Waals surface area contributed by atoms with Crippen LogP contribution in [0.25, 0.3) is 0 Å².